The summed E-state index contributed by atoms with van der Waals surface area (Å²) in [6, 6.07) is 15.0. The molecule has 0 radical (unpaired) electrons. The van der Waals surface area contributed by atoms with Crippen molar-refractivity contribution in [1.82, 2.24) is 4.98 Å². The van der Waals surface area contributed by atoms with Crippen LogP contribution in [0.5, 0.6) is 0 Å². The molecule has 0 aliphatic carbocycles. The number of carbonyl (C=O) groups is 2. The average molecular weight is 321 g/mol. The summed E-state index contributed by atoms with van der Waals surface area (Å²) in [6.45, 7) is 0.309. The Labute approximate surface area is 137 Å². The molecule has 1 fully saturated rings. The third-order valence-electron chi connectivity index (χ3n) is 4.23. The minimum atomic E-state index is -0.445. The lowest BCUT2D eigenvalue weighted by atomic mass is 10.1. The number of amides is 2. The monoisotopic (exact) mass is 321 g/mol. The zero-order valence-electron chi connectivity index (χ0n) is 12.8. The maximum atomic E-state index is 12.1. The molecule has 24 heavy (non-hydrogen) atoms. The van der Waals surface area contributed by atoms with Crippen LogP contribution in [-0.2, 0) is 9.59 Å². The first-order valence-electron chi connectivity index (χ1n) is 7.67. The molecule has 0 bridgehead atoms. The number of benzene rings is 2. The Bertz CT molecular complexity index is 933. The van der Waals surface area contributed by atoms with E-state index in [9.17, 15) is 9.59 Å². The van der Waals surface area contributed by atoms with Gasteiger partial charge in [0.1, 0.15) is 5.52 Å². The fraction of sp³-hybridized carbons (Fsp3) is 0.167. The predicted molar refractivity (Wildman–Crippen MR) is 89.1 cm³/mol. The van der Waals surface area contributed by atoms with Crippen LogP contribution in [0.25, 0.3) is 22.6 Å². The largest absolute Gasteiger partial charge is 0.436 e. The number of nitrogens with zero attached hydrogens (tertiary/aromatic N) is 2. The van der Waals surface area contributed by atoms with Crippen LogP contribution in [0.1, 0.15) is 6.42 Å². The number of hydrogen-bond acceptors (Lipinski definition) is 4. The van der Waals surface area contributed by atoms with E-state index in [4.69, 9.17) is 10.2 Å². The first-order chi connectivity index (χ1) is 11.6. The number of rotatable bonds is 3. The number of hydrogen-bond donors (Lipinski definition) is 1. The smallest absolute Gasteiger partial charge is 0.227 e. The van der Waals surface area contributed by atoms with Gasteiger partial charge in [0, 0.05) is 24.2 Å². The van der Waals surface area contributed by atoms with E-state index >= 15 is 0 Å². The van der Waals surface area contributed by atoms with E-state index in [1.54, 1.807) is 23.1 Å². The Hall–Kier alpha value is -3.15. The second-order valence-corrected chi connectivity index (χ2v) is 5.84. The van der Waals surface area contributed by atoms with Crippen LogP contribution in [0.3, 0.4) is 0 Å². The van der Waals surface area contributed by atoms with Crippen molar-refractivity contribution < 1.29 is 14.0 Å². The van der Waals surface area contributed by atoms with Crippen LogP contribution >= 0.6 is 0 Å². The molecule has 0 unspecified atom stereocenters. The van der Waals surface area contributed by atoms with E-state index in [1.807, 2.05) is 30.3 Å². The molecule has 1 aromatic heterocycles. The highest BCUT2D eigenvalue weighted by atomic mass is 16.3. The average Bonchev–Trinajstić information content (AvgIpc) is 3.18. The molecule has 1 aliphatic rings. The normalized spacial score (nSPS) is 17.6. The maximum absolute atomic E-state index is 12.1. The van der Waals surface area contributed by atoms with Crippen molar-refractivity contribution in [3.05, 3.63) is 48.5 Å². The molecule has 6 nitrogen and oxygen atoms in total. The minimum absolute atomic E-state index is 0.107. The van der Waals surface area contributed by atoms with E-state index in [0.717, 1.165) is 5.56 Å². The molecule has 1 aliphatic heterocycles. The SMILES string of the molecule is NC(=O)[C@H]1CC(=O)N(c2ccc3oc(-c4ccccc4)nc3c2)C1. The van der Waals surface area contributed by atoms with Gasteiger partial charge in [-0.3, -0.25) is 9.59 Å². The van der Waals surface area contributed by atoms with Crippen molar-refractivity contribution in [3.8, 4) is 11.5 Å². The van der Waals surface area contributed by atoms with Gasteiger partial charge in [-0.15, -0.1) is 0 Å². The van der Waals surface area contributed by atoms with E-state index in [2.05, 4.69) is 4.98 Å². The van der Waals surface area contributed by atoms with Gasteiger partial charge in [-0.25, -0.2) is 4.98 Å². The second kappa shape index (κ2) is 5.49. The van der Waals surface area contributed by atoms with Crippen LogP contribution in [0.2, 0.25) is 0 Å². The summed E-state index contributed by atoms with van der Waals surface area (Å²) >= 11 is 0. The molecule has 4 rings (SSSR count). The summed E-state index contributed by atoms with van der Waals surface area (Å²) in [4.78, 5) is 29.5. The molecule has 1 atom stereocenters. The number of carbonyl (C=O) groups excluding carboxylic acids is 2. The van der Waals surface area contributed by atoms with Gasteiger partial charge in [0.15, 0.2) is 5.58 Å². The third-order valence-corrected chi connectivity index (χ3v) is 4.23. The third kappa shape index (κ3) is 2.42. The van der Waals surface area contributed by atoms with Crippen LogP contribution in [0.15, 0.2) is 52.9 Å². The van der Waals surface area contributed by atoms with Crippen LogP contribution < -0.4 is 10.6 Å². The Morgan fingerprint density at radius 2 is 2.00 bits per heavy atom. The van der Waals surface area contributed by atoms with Crippen LogP contribution in [0, 0.1) is 5.92 Å². The van der Waals surface area contributed by atoms with Crippen LogP contribution in [0.4, 0.5) is 5.69 Å². The molecule has 6 heteroatoms. The van der Waals surface area contributed by atoms with Crippen molar-refractivity contribution in [3.63, 3.8) is 0 Å². The molecule has 120 valence electrons. The maximum Gasteiger partial charge on any atom is 0.227 e. The summed E-state index contributed by atoms with van der Waals surface area (Å²) in [7, 11) is 0. The molecule has 2 heterocycles. The highest BCUT2D eigenvalue weighted by Gasteiger charge is 2.34. The zero-order valence-corrected chi connectivity index (χ0v) is 12.8. The fourth-order valence-electron chi connectivity index (χ4n) is 2.94. The molecule has 3 aromatic rings. The lowest BCUT2D eigenvalue weighted by Crippen LogP contribution is -2.28. The number of aromatic nitrogens is 1. The molecule has 2 N–H and O–H groups in total. The summed E-state index contributed by atoms with van der Waals surface area (Å²) in [5, 5.41) is 0. The van der Waals surface area contributed by atoms with E-state index in [-0.39, 0.29) is 12.3 Å². The van der Waals surface area contributed by atoms with E-state index in [0.29, 0.717) is 29.2 Å². The molecular weight excluding hydrogens is 306 g/mol. The second-order valence-electron chi connectivity index (χ2n) is 5.84. The molecule has 1 saturated heterocycles. The standard InChI is InChI=1S/C18H15N3O3/c19-17(23)12-8-16(22)21(10-12)13-6-7-15-14(9-13)20-18(24-15)11-4-2-1-3-5-11/h1-7,9,12H,8,10H2,(H2,19,23)/t12-/m0/s1. The van der Waals surface area contributed by atoms with Gasteiger partial charge in [-0.2, -0.15) is 0 Å². The number of primary amides is 1. The number of anilines is 1. The molecule has 2 amide bonds. The highest BCUT2D eigenvalue weighted by molar-refractivity contribution is 6.01. The summed E-state index contributed by atoms with van der Waals surface area (Å²) in [5.74, 6) is -0.458. The highest BCUT2D eigenvalue weighted by Crippen LogP contribution is 2.30. The van der Waals surface area contributed by atoms with Gasteiger partial charge >= 0.3 is 0 Å². The molecule has 0 spiro atoms. The first-order valence-corrected chi connectivity index (χ1v) is 7.67. The van der Waals surface area contributed by atoms with E-state index < -0.39 is 11.8 Å². The topological polar surface area (TPSA) is 89.4 Å². The summed E-state index contributed by atoms with van der Waals surface area (Å²) in [6.07, 6.45) is 0.154. The van der Waals surface area contributed by atoms with Gasteiger partial charge in [-0.1, -0.05) is 18.2 Å². The zero-order chi connectivity index (χ0) is 16.7. The number of oxazole rings is 1. The van der Waals surface area contributed by atoms with Gasteiger partial charge in [-0.05, 0) is 30.3 Å². The molecular formula is C18H15N3O3. The quantitative estimate of drug-likeness (QED) is 0.801. The number of nitrogens with two attached hydrogens (primary N) is 1. The molecule has 0 saturated carbocycles. The lowest BCUT2D eigenvalue weighted by molar-refractivity contribution is -0.123. The molecule has 2 aromatic carbocycles. The van der Waals surface area contributed by atoms with Crippen molar-refractivity contribution >= 4 is 28.6 Å². The van der Waals surface area contributed by atoms with Gasteiger partial charge in [0.05, 0.1) is 5.92 Å². The first kappa shape index (κ1) is 14.4. The summed E-state index contributed by atoms with van der Waals surface area (Å²) < 4.78 is 5.77. The van der Waals surface area contributed by atoms with Gasteiger partial charge in [0.25, 0.3) is 0 Å². The van der Waals surface area contributed by atoms with Gasteiger partial charge < -0.3 is 15.1 Å². The Morgan fingerprint density at radius 1 is 1.21 bits per heavy atom. The summed E-state index contributed by atoms with van der Waals surface area (Å²) in [5.41, 5.74) is 8.22. The predicted octanol–water partition coefficient (Wildman–Crippen LogP) is 2.33. The van der Waals surface area contributed by atoms with Gasteiger partial charge in [0.2, 0.25) is 17.7 Å². The van der Waals surface area contributed by atoms with E-state index in [1.165, 1.54) is 0 Å². The number of fused-ring (bicyclic) bond motifs is 1. The Kier molecular flexibility index (Phi) is 3.30. The Balaban J connectivity index is 1.69. The van der Waals surface area contributed by atoms with Crippen molar-refractivity contribution in [2.75, 3.05) is 11.4 Å². The minimum Gasteiger partial charge on any atom is -0.436 e. The van der Waals surface area contributed by atoms with Crippen molar-refractivity contribution in [2.24, 2.45) is 11.7 Å². The van der Waals surface area contributed by atoms with Crippen LogP contribution in [-0.4, -0.2) is 23.3 Å². The fourth-order valence-corrected chi connectivity index (χ4v) is 2.94. The Morgan fingerprint density at radius 3 is 2.71 bits per heavy atom. The van der Waals surface area contributed by atoms with Crippen molar-refractivity contribution in [1.29, 1.82) is 0 Å². The lowest BCUT2D eigenvalue weighted by Gasteiger charge is -2.15. The van der Waals surface area contributed by atoms with Crippen molar-refractivity contribution in [2.45, 2.75) is 6.42 Å².